The van der Waals surface area contributed by atoms with Crippen molar-refractivity contribution in [3.63, 3.8) is 0 Å². The molecule has 0 aromatic heterocycles. The maximum absolute atomic E-state index is 10.8. The highest BCUT2D eigenvalue weighted by atomic mass is 16.2. The molecule has 21 heavy (non-hydrogen) atoms. The van der Waals surface area contributed by atoms with Crippen molar-refractivity contribution in [2.75, 3.05) is 30.3 Å². The van der Waals surface area contributed by atoms with Gasteiger partial charge in [0.25, 0.3) is 0 Å². The fraction of sp³-hybridized carbons (Fsp3) is 0.562. The molecule has 0 bridgehead atoms. The molecule has 1 aromatic carbocycles. The Kier molecular flexibility index (Phi) is 5.44. The summed E-state index contributed by atoms with van der Waals surface area (Å²) in [5, 5.41) is 6.13. The van der Waals surface area contributed by atoms with Crippen LogP contribution >= 0.6 is 0 Å². The van der Waals surface area contributed by atoms with Gasteiger partial charge < -0.3 is 21.3 Å². The molecule has 5 nitrogen and oxygen atoms in total. The van der Waals surface area contributed by atoms with Crippen molar-refractivity contribution in [3.8, 4) is 0 Å². The number of primary amides is 1. The number of piperidine rings is 1. The van der Waals surface area contributed by atoms with Crippen molar-refractivity contribution in [1.29, 1.82) is 0 Å². The van der Waals surface area contributed by atoms with Gasteiger partial charge in [0.2, 0.25) is 0 Å². The summed E-state index contributed by atoms with van der Waals surface area (Å²) in [5.74, 6) is 0.719. The second-order valence-electron chi connectivity index (χ2n) is 5.77. The number of hydrogen-bond donors (Lipinski definition) is 3. The summed E-state index contributed by atoms with van der Waals surface area (Å²) < 4.78 is 0. The molecule has 1 aromatic rings. The molecular weight excluding hydrogens is 264 g/mol. The third-order valence-corrected chi connectivity index (χ3v) is 4.33. The maximum atomic E-state index is 10.8. The van der Waals surface area contributed by atoms with Crippen LogP contribution in [0.2, 0.25) is 0 Å². The van der Waals surface area contributed by atoms with E-state index in [4.69, 9.17) is 5.73 Å². The van der Waals surface area contributed by atoms with Crippen LogP contribution in [0.1, 0.15) is 26.7 Å². The lowest BCUT2D eigenvalue weighted by atomic mass is 9.90. The van der Waals surface area contributed by atoms with Crippen LogP contribution in [0.15, 0.2) is 24.3 Å². The number of carbonyl (C=O) groups excluding carboxylic acids is 1. The average molecular weight is 290 g/mol. The van der Waals surface area contributed by atoms with Gasteiger partial charge in [0.1, 0.15) is 0 Å². The second kappa shape index (κ2) is 7.31. The lowest BCUT2D eigenvalue weighted by Gasteiger charge is -2.34. The fourth-order valence-electron chi connectivity index (χ4n) is 2.94. The number of urea groups is 1. The summed E-state index contributed by atoms with van der Waals surface area (Å²) in [6.07, 6.45) is 2.51. The Balaban J connectivity index is 1.85. The molecular formula is C16H26N4O. The number of anilines is 2. The lowest BCUT2D eigenvalue weighted by Crippen LogP contribution is -2.39. The third-order valence-electron chi connectivity index (χ3n) is 4.33. The minimum absolute atomic E-state index is 0.457. The maximum Gasteiger partial charge on any atom is 0.316 e. The minimum Gasteiger partial charge on any atom is -0.382 e. The van der Waals surface area contributed by atoms with E-state index in [1.165, 1.54) is 25.9 Å². The van der Waals surface area contributed by atoms with Crippen LogP contribution in [0.5, 0.6) is 0 Å². The Morgan fingerprint density at radius 3 is 2.38 bits per heavy atom. The number of rotatable bonds is 5. The van der Waals surface area contributed by atoms with Gasteiger partial charge in [-0.1, -0.05) is 6.92 Å². The topological polar surface area (TPSA) is 70.4 Å². The highest BCUT2D eigenvalue weighted by molar-refractivity contribution is 5.87. The molecule has 1 atom stereocenters. The van der Waals surface area contributed by atoms with Crippen LogP contribution in [-0.4, -0.2) is 36.6 Å². The quantitative estimate of drug-likeness (QED) is 0.781. The SMILES string of the molecule is CCN1CCC(C(C)Nc2ccc(NC(N)=O)cc2)CC1. The van der Waals surface area contributed by atoms with Gasteiger partial charge in [-0.15, -0.1) is 0 Å². The molecule has 0 saturated carbocycles. The standard InChI is InChI=1S/C16H26N4O/c1-3-20-10-8-13(9-11-20)12(2)18-14-4-6-15(7-5-14)19-16(17)21/h4-7,12-13,18H,3,8-11H2,1-2H3,(H3,17,19,21). The van der Waals surface area contributed by atoms with E-state index in [2.05, 4.69) is 29.4 Å². The summed E-state index contributed by atoms with van der Waals surface area (Å²) in [6, 6.07) is 7.59. The molecule has 1 fully saturated rings. The number of nitrogens with zero attached hydrogens (tertiary/aromatic N) is 1. The van der Waals surface area contributed by atoms with E-state index in [0.29, 0.717) is 6.04 Å². The molecule has 2 amide bonds. The van der Waals surface area contributed by atoms with Crippen LogP contribution in [0, 0.1) is 5.92 Å². The van der Waals surface area contributed by atoms with E-state index in [9.17, 15) is 4.79 Å². The Morgan fingerprint density at radius 1 is 1.29 bits per heavy atom. The van der Waals surface area contributed by atoms with Crippen LogP contribution < -0.4 is 16.4 Å². The fourth-order valence-corrected chi connectivity index (χ4v) is 2.94. The molecule has 1 aliphatic rings. The zero-order valence-electron chi connectivity index (χ0n) is 12.9. The van der Waals surface area contributed by atoms with Crippen molar-refractivity contribution in [2.45, 2.75) is 32.7 Å². The number of nitrogens with two attached hydrogens (primary N) is 1. The van der Waals surface area contributed by atoms with Gasteiger partial charge in [0.05, 0.1) is 0 Å². The largest absolute Gasteiger partial charge is 0.382 e. The third kappa shape index (κ3) is 4.63. The van der Waals surface area contributed by atoms with E-state index < -0.39 is 6.03 Å². The Hall–Kier alpha value is -1.75. The van der Waals surface area contributed by atoms with Crippen LogP contribution in [-0.2, 0) is 0 Å². The van der Waals surface area contributed by atoms with Gasteiger partial charge >= 0.3 is 6.03 Å². The molecule has 2 rings (SSSR count). The molecule has 5 heteroatoms. The molecule has 0 radical (unpaired) electrons. The first-order valence-corrected chi connectivity index (χ1v) is 7.74. The minimum atomic E-state index is -0.535. The zero-order valence-corrected chi connectivity index (χ0v) is 12.9. The lowest BCUT2D eigenvalue weighted by molar-refractivity contribution is 0.183. The van der Waals surface area contributed by atoms with Crippen molar-refractivity contribution in [2.24, 2.45) is 11.7 Å². The molecule has 0 spiro atoms. The number of nitrogens with one attached hydrogen (secondary N) is 2. The average Bonchev–Trinajstić information content (AvgIpc) is 2.49. The predicted molar refractivity (Wildman–Crippen MR) is 87.6 cm³/mol. The zero-order chi connectivity index (χ0) is 15.2. The number of hydrogen-bond acceptors (Lipinski definition) is 3. The van der Waals surface area contributed by atoms with Gasteiger partial charge in [0, 0.05) is 17.4 Å². The normalized spacial score (nSPS) is 18.2. The van der Waals surface area contributed by atoms with Crippen molar-refractivity contribution in [1.82, 2.24) is 4.90 Å². The number of likely N-dealkylation sites (tertiary alicyclic amines) is 1. The second-order valence-corrected chi connectivity index (χ2v) is 5.77. The highest BCUT2D eigenvalue weighted by Crippen LogP contribution is 2.23. The van der Waals surface area contributed by atoms with Gasteiger partial charge in [0.15, 0.2) is 0 Å². The Bertz CT molecular complexity index is 452. The molecule has 1 heterocycles. The predicted octanol–water partition coefficient (Wildman–Crippen LogP) is 2.71. The summed E-state index contributed by atoms with van der Waals surface area (Å²) in [6.45, 7) is 8.04. The van der Waals surface area contributed by atoms with E-state index in [-0.39, 0.29) is 0 Å². The van der Waals surface area contributed by atoms with Gasteiger partial charge in [-0.05, 0) is 69.6 Å². The smallest absolute Gasteiger partial charge is 0.316 e. The van der Waals surface area contributed by atoms with Gasteiger partial charge in [-0.25, -0.2) is 4.79 Å². The van der Waals surface area contributed by atoms with Crippen LogP contribution in [0.3, 0.4) is 0 Å². The van der Waals surface area contributed by atoms with E-state index >= 15 is 0 Å². The molecule has 0 aliphatic carbocycles. The van der Waals surface area contributed by atoms with Gasteiger partial charge in [-0.2, -0.15) is 0 Å². The van der Waals surface area contributed by atoms with Crippen molar-refractivity contribution in [3.05, 3.63) is 24.3 Å². The van der Waals surface area contributed by atoms with Crippen molar-refractivity contribution < 1.29 is 4.79 Å². The number of amides is 2. The summed E-state index contributed by atoms with van der Waals surface area (Å²) in [4.78, 5) is 13.3. The molecule has 116 valence electrons. The first kappa shape index (κ1) is 15.6. The van der Waals surface area contributed by atoms with E-state index in [0.717, 1.165) is 23.8 Å². The van der Waals surface area contributed by atoms with E-state index in [1.54, 1.807) is 0 Å². The van der Waals surface area contributed by atoms with Crippen molar-refractivity contribution >= 4 is 17.4 Å². The highest BCUT2D eigenvalue weighted by Gasteiger charge is 2.22. The van der Waals surface area contributed by atoms with Gasteiger partial charge in [-0.3, -0.25) is 0 Å². The summed E-state index contributed by atoms with van der Waals surface area (Å²) >= 11 is 0. The molecule has 1 saturated heterocycles. The Labute approximate surface area is 126 Å². The number of benzene rings is 1. The summed E-state index contributed by atoms with van der Waals surface area (Å²) in [5.41, 5.74) is 6.89. The van der Waals surface area contributed by atoms with E-state index in [1.807, 2.05) is 24.3 Å². The monoisotopic (exact) mass is 290 g/mol. The first-order chi connectivity index (χ1) is 10.1. The Morgan fingerprint density at radius 2 is 1.86 bits per heavy atom. The molecule has 1 aliphatic heterocycles. The summed E-state index contributed by atoms with van der Waals surface area (Å²) in [7, 11) is 0. The first-order valence-electron chi connectivity index (χ1n) is 7.74. The van der Waals surface area contributed by atoms with Crippen LogP contribution in [0.4, 0.5) is 16.2 Å². The number of carbonyl (C=O) groups is 1. The molecule has 1 unspecified atom stereocenters. The molecule has 4 N–H and O–H groups in total. The van der Waals surface area contributed by atoms with Crippen LogP contribution in [0.25, 0.3) is 0 Å².